The van der Waals surface area contributed by atoms with Crippen molar-refractivity contribution in [2.75, 3.05) is 0 Å². The van der Waals surface area contributed by atoms with E-state index in [1.807, 2.05) is 18.2 Å². The molecule has 0 spiro atoms. The second-order valence-electron chi connectivity index (χ2n) is 5.97. The molecule has 2 aromatic rings. The second-order valence-corrected chi connectivity index (χ2v) is 6.40. The number of hydrogen-bond donors (Lipinski definition) is 1. The Morgan fingerprint density at radius 2 is 2.15 bits per heavy atom. The molecule has 0 radical (unpaired) electrons. The van der Waals surface area contributed by atoms with Gasteiger partial charge >= 0.3 is 0 Å². The van der Waals surface area contributed by atoms with E-state index < -0.39 is 6.10 Å². The van der Waals surface area contributed by atoms with Gasteiger partial charge in [0.2, 0.25) is 0 Å². The zero-order valence-corrected chi connectivity index (χ0v) is 12.5. The summed E-state index contributed by atoms with van der Waals surface area (Å²) in [6, 6.07) is 7.43. The number of halogens is 1. The third kappa shape index (κ3) is 2.63. The van der Waals surface area contributed by atoms with Gasteiger partial charge in [-0.1, -0.05) is 30.2 Å². The van der Waals surface area contributed by atoms with Gasteiger partial charge in [-0.2, -0.15) is 0 Å². The zero-order valence-electron chi connectivity index (χ0n) is 11.8. The lowest BCUT2D eigenvalue weighted by Crippen LogP contribution is -2.18. The van der Waals surface area contributed by atoms with Gasteiger partial charge in [-0.3, -0.25) is 0 Å². The molecule has 3 heteroatoms. The van der Waals surface area contributed by atoms with Crippen LogP contribution in [0.5, 0.6) is 0 Å². The Labute approximate surface area is 124 Å². The molecule has 1 aliphatic carbocycles. The Hall–Kier alpha value is -1.25. The predicted molar refractivity (Wildman–Crippen MR) is 81.8 cm³/mol. The van der Waals surface area contributed by atoms with E-state index in [0.717, 1.165) is 23.8 Å². The summed E-state index contributed by atoms with van der Waals surface area (Å²) in [4.78, 5) is 0. The normalized spacial score (nSPS) is 24.7. The quantitative estimate of drug-likeness (QED) is 0.780. The summed E-state index contributed by atoms with van der Waals surface area (Å²) >= 11 is 5.98. The molecule has 0 aliphatic heterocycles. The molecule has 2 nitrogen and oxygen atoms in total. The van der Waals surface area contributed by atoms with Crippen molar-refractivity contribution >= 4 is 22.6 Å². The number of rotatable bonds is 2. The van der Waals surface area contributed by atoms with Crippen LogP contribution in [-0.2, 0) is 0 Å². The molecule has 0 amide bonds. The van der Waals surface area contributed by atoms with Crippen LogP contribution in [0.15, 0.2) is 40.3 Å². The van der Waals surface area contributed by atoms with Gasteiger partial charge in [0.1, 0.15) is 17.4 Å². The number of benzene rings is 1. The lowest BCUT2D eigenvalue weighted by molar-refractivity contribution is 0.0743. The van der Waals surface area contributed by atoms with Crippen LogP contribution in [0.1, 0.15) is 38.6 Å². The van der Waals surface area contributed by atoms with Gasteiger partial charge in [0.05, 0.1) is 0 Å². The number of fused-ring (bicyclic) bond motifs is 1. The van der Waals surface area contributed by atoms with Gasteiger partial charge < -0.3 is 9.52 Å². The van der Waals surface area contributed by atoms with E-state index in [0.29, 0.717) is 16.7 Å². The molecule has 3 rings (SSSR count). The van der Waals surface area contributed by atoms with Gasteiger partial charge in [-0.15, -0.1) is 0 Å². The van der Waals surface area contributed by atoms with Crippen LogP contribution in [0.25, 0.3) is 11.0 Å². The summed E-state index contributed by atoms with van der Waals surface area (Å²) in [6.07, 6.45) is 3.67. The van der Waals surface area contributed by atoms with Gasteiger partial charge in [0, 0.05) is 10.4 Å². The molecule has 1 aromatic carbocycles. The highest BCUT2D eigenvalue weighted by Crippen LogP contribution is 2.38. The van der Waals surface area contributed by atoms with E-state index in [-0.39, 0.29) is 5.92 Å². The first kappa shape index (κ1) is 13.7. The van der Waals surface area contributed by atoms with E-state index in [4.69, 9.17) is 16.0 Å². The summed E-state index contributed by atoms with van der Waals surface area (Å²) in [7, 11) is 0. The van der Waals surface area contributed by atoms with E-state index in [1.165, 1.54) is 5.57 Å². The summed E-state index contributed by atoms with van der Waals surface area (Å²) in [5, 5.41) is 12.2. The third-order valence-corrected chi connectivity index (χ3v) is 4.30. The predicted octanol–water partition coefficient (Wildman–Crippen LogP) is 5.11. The first-order valence-electron chi connectivity index (χ1n) is 7.07. The highest BCUT2D eigenvalue weighted by Gasteiger charge is 2.28. The van der Waals surface area contributed by atoms with Gasteiger partial charge in [0.25, 0.3) is 0 Å². The number of furan rings is 1. The van der Waals surface area contributed by atoms with Crippen molar-refractivity contribution in [1.82, 2.24) is 0 Å². The van der Waals surface area contributed by atoms with Crippen LogP contribution in [0.2, 0.25) is 5.02 Å². The van der Waals surface area contributed by atoms with Crippen molar-refractivity contribution < 1.29 is 9.52 Å². The molecular formula is C17H19ClO2. The van der Waals surface area contributed by atoms with Crippen molar-refractivity contribution in [2.24, 2.45) is 11.8 Å². The van der Waals surface area contributed by atoms with E-state index >= 15 is 0 Å². The van der Waals surface area contributed by atoms with Crippen molar-refractivity contribution in [3.05, 3.63) is 46.7 Å². The van der Waals surface area contributed by atoms with E-state index in [9.17, 15) is 5.11 Å². The van der Waals surface area contributed by atoms with E-state index in [1.54, 1.807) is 6.07 Å². The van der Waals surface area contributed by atoms with Crippen LogP contribution in [0.4, 0.5) is 0 Å². The fourth-order valence-electron chi connectivity index (χ4n) is 3.25. The molecule has 0 saturated heterocycles. The van der Waals surface area contributed by atoms with Crippen LogP contribution >= 0.6 is 11.6 Å². The lowest BCUT2D eigenvalue weighted by Gasteiger charge is -2.28. The van der Waals surface area contributed by atoms with Crippen molar-refractivity contribution in [2.45, 2.75) is 32.8 Å². The summed E-state index contributed by atoms with van der Waals surface area (Å²) < 4.78 is 5.78. The van der Waals surface area contributed by atoms with Gasteiger partial charge in [0.15, 0.2) is 0 Å². The van der Waals surface area contributed by atoms with Crippen LogP contribution < -0.4 is 0 Å². The highest BCUT2D eigenvalue weighted by molar-refractivity contribution is 6.31. The molecule has 0 fully saturated rings. The van der Waals surface area contributed by atoms with Crippen LogP contribution in [0.3, 0.4) is 0 Å². The van der Waals surface area contributed by atoms with Crippen LogP contribution in [0, 0.1) is 11.8 Å². The van der Waals surface area contributed by atoms with Crippen molar-refractivity contribution in [1.29, 1.82) is 0 Å². The van der Waals surface area contributed by atoms with Crippen LogP contribution in [-0.4, -0.2) is 5.11 Å². The average Bonchev–Trinajstić information content (AvgIpc) is 2.79. The third-order valence-electron chi connectivity index (χ3n) is 4.06. The number of allylic oxidation sites excluding steroid dienone is 2. The minimum absolute atomic E-state index is 0.228. The Bertz CT molecular complexity index is 656. The van der Waals surface area contributed by atoms with Crippen molar-refractivity contribution in [3.63, 3.8) is 0 Å². The first-order valence-corrected chi connectivity index (χ1v) is 7.45. The number of aliphatic hydroxyl groups is 1. The molecule has 20 heavy (non-hydrogen) atoms. The summed E-state index contributed by atoms with van der Waals surface area (Å²) in [5.41, 5.74) is 2.13. The monoisotopic (exact) mass is 290 g/mol. The Kier molecular flexibility index (Phi) is 3.61. The molecule has 1 aromatic heterocycles. The molecule has 1 aliphatic rings. The molecule has 1 N–H and O–H groups in total. The largest absolute Gasteiger partial charge is 0.458 e. The maximum Gasteiger partial charge on any atom is 0.134 e. The topological polar surface area (TPSA) is 33.4 Å². The lowest BCUT2D eigenvalue weighted by atomic mass is 9.80. The Morgan fingerprint density at radius 1 is 1.35 bits per heavy atom. The number of hydrogen-bond acceptors (Lipinski definition) is 2. The minimum atomic E-state index is -0.549. The molecule has 0 bridgehead atoms. The van der Waals surface area contributed by atoms with Gasteiger partial charge in [-0.05, 0) is 55.9 Å². The maximum absolute atomic E-state index is 10.6. The molecule has 1 heterocycles. The average molecular weight is 291 g/mol. The second kappa shape index (κ2) is 5.27. The van der Waals surface area contributed by atoms with E-state index in [2.05, 4.69) is 19.9 Å². The fraction of sp³-hybridized carbons (Fsp3) is 0.412. The maximum atomic E-state index is 10.6. The first-order chi connectivity index (χ1) is 9.52. The molecule has 3 atom stereocenters. The van der Waals surface area contributed by atoms with Crippen molar-refractivity contribution in [3.8, 4) is 0 Å². The molecule has 106 valence electrons. The molecule has 0 saturated carbocycles. The smallest absolute Gasteiger partial charge is 0.134 e. The minimum Gasteiger partial charge on any atom is -0.458 e. The summed E-state index contributed by atoms with van der Waals surface area (Å²) in [5.74, 6) is 1.39. The van der Waals surface area contributed by atoms with Gasteiger partial charge in [-0.25, -0.2) is 0 Å². The summed E-state index contributed by atoms with van der Waals surface area (Å²) in [6.45, 7) is 4.33. The SMILES string of the molecule is CC1=CC(C)CC(C(O)c2cc3cc(Cl)ccc3o2)C1. The fourth-order valence-corrected chi connectivity index (χ4v) is 3.43. The highest BCUT2D eigenvalue weighted by atomic mass is 35.5. The standard InChI is InChI=1S/C17H19ClO2/c1-10-5-11(2)7-13(6-10)17(19)16-9-12-8-14(18)3-4-15(12)20-16/h3-5,8-10,13,17,19H,6-7H2,1-2H3. The molecule has 3 unspecified atom stereocenters. The zero-order chi connectivity index (χ0) is 14.3. The number of aliphatic hydroxyl groups excluding tert-OH is 1. The Morgan fingerprint density at radius 3 is 2.90 bits per heavy atom. The molecular weight excluding hydrogens is 272 g/mol. The Balaban J connectivity index is 1.88.